The first-order valence-corrected chi connectivity index (χ1v) is 8.05. The molecule has 22 heavy (non-hydrogen) atoms. The zero-order chi connectivity index (χ0) is 15.4. The monoisotopic (exact) mass is 318 g/mol. The third kappa shape index (κ3) is 4.01. The molecule has 0 aromatic heterocycles. The van der Waals surface area contributed by atoms with Gasteiger partial charge in [0.15, 0.2) is 0 Å². The summed E-state index contributed by atoms with van der Waals surface area (Å²) < 4.78 is 5.57. The van der Waals surface area contributed by atoms with E-state index < -0.39 is 6.10 Å². The lowest BCUT2D eigenvalue weighted by Gasteiger charge is -2.14. The fourth-order valence-electron chi connectivity index (χ4n) is 2.90. The van der Waals surface area contributed by atoms with Crippen molar-refractivity contribution in [1.82, 2.24) is 0 Å². The summed E-state index contributed by atoms with van der Waals surface area (Å²) in [6, 6.07) is 16.3. The van der Waals surface area contributed by atoms with Gasteiger partial charge in [-0.2, -0.15) is 0 Å². The lowest BCUT2D eigenvalue weighted by molar-refractivity contribution is -0.693. The number of halogens is 1. The van der Waals surface area contributed by atoms with Crippen LogP contribution in [0.15, 0.2) is 48.5 Å². The number of quaternary nitrogens is 1. The number of fused-ring (bicyclic) bond motifs is 1. The Morgan fingerprint density at radius 1 is 1.09 bits per heavy atom. The largest absolute Gasteiger partial charge is 0.491 e. The number of rotatable bonds is 6. The highest BCUT2D eigenvalue weighted by Gasteiger charge is 2.24. The van der Waals surface area contributed by atoms with Gasteiger partial charge in [0, 0.05) is 17.9 Å². The smallest absolute Gasteiger partial charge is 0.137 e. The molecule has 0 unspecified atom stereocenters. The summed E-state index contributed by atoms with van der Waals surface area (Å²) in [6.45, 7) is 0.962. The van der Waals surface area contributed by atoms with Crippen molar-refractivity contribution in [3.8, 4) is 5.75 Å². The summed E-state index contributed by atoms with van der Waals surface area (Å²) in [5.74, 6) is 0.733. The SMILES string of the molecule is O[C@H](C[NH2+]C1Cc2ccccc2C1)COc1ccc(Cl)cc1. The lowest BCUT2D eigenvalue weighted by atomic mass is 10.1. The molecule has 1 aliphatic carbocycles. The average molecular weight is 319 g/mol. The van der Waals surface area contributed by atoms with Gasteiger partial charge in [-0.15, -0.1) is 0 Å². The third-order valence-corrected chi connectivity index (χ3v) is 4.33. The zero-order valence-corrected chi connectivity index (χ0v) is 13.2. The molecule has 1 atom stereocenters. The van der Waals surface area contributed by atoms with E-state index in [9.17, 15) is 5.11 Å². The number of benzene rings is 2. The van der Waals surface area contributed by atoms with Crippen molar-refractivity contribution >= 4 is 11.6 Å². The molecule has 116 valence electrons. The molecule has 0 saturated carbocycles. The molecule has 4 heteroatoms. The average Bonchev–Trinajstić information content (AvgIpc) is 2.95. The van der Waals surface area contributed by atoms with Gasteiger partial charge in [-0.25, -0.2) is 0 Å². The third-order valence-electron chi connectivity index (χ3n) is 4.08. The Morgan fingerprint density at radius 3 is 2.36 bits per heavy atom. The van der Waals surface area contributed by atoms with Crippen LogP contribution in [0.5, 0.6) is 5.75 Å². The van der Waals surface area contributed by atoms with Crippen LogP contribution in [0.4, 0.5) is 0 Å². The molecule has 3 N–H and O–H groups in total. The Kier molecular flexibility index (Phi) is 4.98. The van der Waals surface area contributed by atoms with E-state index in [2.05, 4.69) is 29.6 Å². The molecule has 3 nitrogen and oxygen atoms in total. The maximum absolute atomic E-state index is 10.1. The van der Waals surface area contributed by atoms with E-state index in [1.54, 1.807) is 12.1 Å². The van der Waals surface area contributed by atoms with Crippen molar-refractivity contribution in [2.75, 3.05) is 13.2 Å². The number of aliphatic hydroxyl groups is 1. The van der Waals surface area contributed by atoms with Gasteiger partial charge in [0.2, 0.25) is 0 Å². The van der Waals surface area contributed by atoms with E-state index in [0.29, 0.717) is 24.2 Å². The molecule has 0 amide bonds. The summed E-state index contributed by atoms with van der Waals surface area (Å²) >= 11 is 5.83. The molecule has 0 bridgehead atoms. The normalized spacial score (nSPS) is 15.5. The van der Waals surface area contributed by atoms with Crippen LogP contribution in [0.25, 0.3) is 0 Å². The molecule has 0 spiro atoms. The molecular weight excluding hydrogens is 298 g/mol. The highest BCUT2D eigenvalue weighted by molar-refractivity contribution is 6.30. The van der Waals surface area contributed by atoms with Crippen molar-refractivity contribution in [2.24, 2.45) is 0 Å². The minimum absolute atomic E-state index is 0.303. The van der Waals surface area contributed by atoms with Crippen LogP contribution in [0.3, 0.4) is 0 Å². The Bertz CT molecular complexity index is 590. The van der Waals surface area contributed by atoms with Crippen molar-refractivity contribution < 1.29 is 15.2 Å². The molecular formula is C18H21ClNO2+. The molecule has 3 rings (SSSR count). The predicted octanol–water partition coefficient (Wildman–Crippen LogP) is 1.81. The van der Waals surface area contributed by atoms with E-state index in [-0.39, 0.29) is 0 Å². The molecule has 0 aliphatic heterocycles. The van der Waals surface area contributed by atoms with Crippen LogP contribution in [0, 0.1) is 0 Å². The number of ether oxygens (including phenoxy) is 1. The molecule has 2 aromatic rings. The number of aliphatic hydroxyl groups excluding tert-OH is 1. The van der Waals surface area contributed by atoms with Crippen molar-refractivity contribution in [3.05, 3.63) is 64.7 Å². The molecule has 0 heterocycles. The van der Waals surface area contributed by atoms with Crippen molar-refractivity contribution in [1.29, 1.82) is 0 Å². The van der Waals surface area contributed by atoms with E-state index in [0.717, 1.165) is 18.6 Å². The maximum Gasteiger partial charge on any atom is 0.137 e. The van der Waals surface area contributed by atoms with Gasteiger partial charge >= 0.3 is 0 Å². The Labute approximate surface area is 135 Å². The van der Waals surface area contributed by atoms with Gasteiger partial charge in [-0.3, -0.25) is 0 Å². The van der Waals surface area contributed by atoms with E-state index in [1.807, 2.05) is 12.1 Å². The maximum atomic E-state index is 10.1. The van der Waals surface area contributed by atoms with Crippen LogP contribution in [0.1, 0.15) is 11.1 Å². The highest BCUT2D eigenvalue weighted by Crippen LogP contribution is 2.19. The Balaban J connectivity index is 1.40. The fourth-order valence-corrected chi connectivity index (χ4v) is 3.03. The van der Waals surface area contributed by atoms with E-state index >= 15 is 0 Å². The first-order chi connectivity index (χ1) is 10.7. The summed E-state index contributed by atoms with van der Waals surface area (Å²) in [7, 11) is 0. The van der Waals surface area contributed by atoms with Gasteiger partial charge in [-0.05, 0) is 35.4 Å². The summed E-state index contributed by atoms with van der Waals surface area (Å²) in [5, 5.41) is 13.0. The minimum Gasteiger partial charge on any atom is -0.491 e. The van der Waals surface area contributed by atoms with Crippen LogP contribution >= 0.6 is 11.6 Å². The van der Waals surface area contributed by atoms with Crippen LogP contribution < -0.4 is 10.1 Å². The minimum atomic E-state index is -0.473. The second kappa shape index (κ2) is 7.14. The number of hydrogen-bond acceptors (Lipinski definition) is 2. The fraction of sp³-hybridized carbons (Fsp3) is 0.333. The highest BCUT2D eigenvalue weighted by atomic mass is 35.5. The van der Waals surface area contributed by atoms with Gasteiger partial charge in [0.1, 0.15) is 25.0 Å². The molecule has 2 aromatic carbocycles. The number of nitrogens with two attached hydrogens (primary N) is 1. The zero-order valence-electron chi connectivity index (χ0n) is 12.4. The predicted molar refractivity (Wildman–Crippen MR) is 87.4 cm³/mol. The van der Waals surface area contributed by atoms with Crippen molar-refractivity contribution in [2.45, 2.75) is 25.0 Å². The molecule has 0 fully saturated rings. The van der Waals surface area contributed by atoms with Crippen LogP contribution in [0.2, 0.25) is 5.02 Å². The first kappa shape index (κ1) is 15.3. The molecule has 0 saturated heterocycles. The van der Waals surface area contributed by atoms with E-state index in [1.165, 1.54) is 11.1 Å². The lowest BCUT2D eigenvalue weighted by Crippen LogP contribution is -2.92. The van der Waals surface area contributed by atoms with Gasteiger partial charge in [-0.1, -0.05) is 35.9 Å². The van der Waals surface area contributed by atoms with Gasteiger partial charge in [0.25, 0.3) is 0 Å². The van der Waals surface area contributed by atoms with Crippen LogP contribution in [-0.4, -0.2) is 30.4 Å². The Morgan fingerprint density at radius 2 is 1.73 bits per heavy atom. The summed E-state index contributed by atoms with van der Waals surface area (Å²) in [5.41, 5.74) is 2.88. The van der Waals surface area contributed by atoms with E-state index in [4.69, 9.17) is 16.3 Å². The van der Waals surface area contributed by atoms with Gasteiger partial charge < -0.3 is 15.2 Å². The topological polar surface area (TPSA) is 46.1 Å². The summed E-state index contributed by atoms with van der Waals surface area (Å²) in [6.07, 6.45) is 1.70. The second-order valence-corrected chi connectivity index (χ2v) is 6.26. The van der Waals surface area contributed by atoms with Crippen molar-refractivity contribution in [3.63, 3.8) is 0 Å². The quantitative estimate of drug-likeness (QED) is 0.853. The summed E-state index contributed by atoms with van der Waals surface area (Å²) in [4.78, 5) is 0. The van der Waals surface area contributed by atoms with Gasteiger partial charge in [0.05, 0.1) is 6.04 Å². The molecule has 1 aliphatic rings. The standard InChI is InChI=1S/C18H20ClNO2/c19-15-5-7-18(8-6-15)22-12-17(21)11-20-16-9-13-3-1-2-4-14(13)10-16/h1-8,16-17,20-21H,9-12H2/p+1/t17-/m1/s1. The second-order valence-electron chi connectivity index (χ2n) is 5.83. The first-order valence-electron chi connectivity index (χ1n) is 7.67. The number of hydrogen-bond donors (Lipinski definition) is 2. The Hall–Kier alpha value is -1.55. The molecule has 0 radical (unpaired) electrons. The van der Waals surface area contributed by atoms with Crippen LogP contribution in [-0.2, 0) is 12.8 Å².